The maximum absolute atomic E-state index is 10.5. The summed E-state index contributed by atoms with van der Waals surface area (Å²) in [5.41, 5.74) is 0.397. The molecule has 1 aliphatic rings. The summed E-state index contributed by atoms with van der Waals surface area (Å²) in [4.78, 5) is 4.27. The normalized spacial score (nSPS) is 31.5. The van der Waals surface area contributed by atoms with E-state index in [2.05, 4.69) is 17.2 Å². The van der Waals surface area contributed by atoms with E-state index in [1.54, 1.807) is 6.20 Å². The Labute approximate surface area is 90.5 Å². The fourth-order valence-electron chi connectivity index (χ4n) is 2.14. The van der Waals surface area contributed by atoms with Crippen LogP contribution in [0.1, 0.15) is 19.0 Å². The van der Waals surface area contributed by atoms with Crippen molar-refractivity contribution < 1.29 is 5.11 Å². The maximum atomic E-state index is 10.5. The van der Waals surface area contributed by atoms with Gasteiger partial charge in [-0.05, 0) is 31.0 Å². The second kappa shape index (κ2) is 4.29. The number of nitrogens with zero attached hydrogens (tertiary/aromatic N) is 1. The first kappa shape index (κ1) is 10.6. The molecule has 0 aromatic carbocycles. The molecular weight excluding hydrogens is 188 g/mol. The van der Waals surface area contributed by atoms with Gasteiger partial charge in [0.15, 0.2) is 0 Å². The van der Waals surface area contributed by atoms with Gasteiger partial charge in [0.1, 0.15) is 0 Å². The molecule has 1 fully saturated rings. The van der Waals surface area contributed by atoms with E-state index in [1.165, 1.54) is 0 Å². The molecular formula is C12H18N2O. The van der Waals surface area contributed by atoms with Crippen LogP contribution in [0.25, 0.3) is 0 Å². The SMILES string of the molecule is CC1CNCCC1(O)Cc1ccccn1. The van der Waals surface area contributed by atoms with Crippen LogP contribution in [-0.2, 0) is 6.42 Å². The second-order valence-corrected chi connectivity index (χ2v) is 4.46. The van der Waals surface area contributed by atoms with Gasteiger partial charge in [-0.25, -0.2) is 0 Å². The van der Waals surface area contributed by atoms with E-state index in [9.17, 15) is 5.11 Å². The highest BCUT2D eigenvalue weighted by Gasteiger charge is 2.36. The van der Waals surface area contributed by atoms with Crippen LogP contribution in [0.3, 0.4) is 0 Å². The smallest absolute Gasteiger partial charge is 0.0752 e. The van der Waals surface area contributed by atoms with E-state index >= 15 is 0 Å². The molecule has 2 N–H and O–H groups in total. The van der Waals surface area contributed by atoms with E-state index in [0.29, 0.717) is 6.42 Å². The average Bonchev–Trinajstić information content (AvgIpc) is 2.24. The molecule has 15 heavy (non-hydrogen) atoms. The van der Waals surface area contributed by atoms with Gasteiger partial charge in [-0.3, -0.25) is 4.98 Å². The van der Waals surface area contributed by atoms with Gasteiger partial charge in [0.2, 0.25) is 0 Å². The van der Waals surface area contributed by atoms with E-state index < -0.39 is 5.60 Å². The van der Waals surface area contributed by atoms with Gasteiger partial charge in [-0.15, -0.1) is 0 Å². The number of pyridine rings is 1. The van der Waals surface area contributed by atoms with Crippen LogP contribution in [0.15, 0.2) is 24.4 Å². The largest absolute Gasteiger partial charge is 0.389 e. The summed E-state index contributed by atoms with van der Waals surface area (Å²) in [5, 5.41) is 13.8. The predicted molar refractivity (Wildman–Crippen MR) is 59.5 cm³/mol. The summed E-state index contributed by atoms with van der Waals surface area (Å²) < 4.78 is 0. The minimum Gasteiger partial charge on any atom is -0.389 e. The van der Waals surface area contributed by atoms with Gasteiger partial charge in [0.05, 0.1) is 5.60 Å². The third kappa shape index (κ3) is 2.36. The Balaban J connectivity index is 2.09. The Hall–Kier alpha value is -0.930. The van der Waals surface area contributed by atoms with E-state index in [-0.39, 0.29) is 5.92 Å². The van der Waals surface area contributed by atoms with Crippen molar-refractivity contribution in [3.05, 3.63) is 30.1 Å². The summed E-state index contributed by atoms with van der Waals surface area (Å²) in [6, 6.07) is 5.85. The summed E-state index contributed by atoms with van der Waals surface area (Å²) in [6.07, 6.45) is 3.26. The van der Waals surface area contributed by atoms with Crippen molar-refractivity contribution in [2.45, 2.75) is 25.4 Å². The molecule has 1 aromatic rings. The van der Waals surface area contributed by atoms with Gasteiger partial charge in [0.25, 0.3) is 0 Å². The molecule has 0 spiro atoms. The third-order valence-corrected chi connectivity index (χ3v) is 3.32. The van der Waals surface area contributed by atoms with Crippen molar-refractivity contribution in [1.29, 1.82) is 0 Å². The molecule has 0 aliphatic carbocycles. The molecule has 0 saturated carbocycles. The van der Waals surface area contributed by atoms with Crippen LogP contribution >= 0.6 is 0 Å². The number of rotatable bonds is 2. The van der Waals surface area contributed by atoms with Crippen molar-refractivity contribution in [1.82, 2.24) is 10.3 Å². The Bertz CT molecular complexity index is 315. The Kier molecular flexibility index (Phi) is 3.03. The number of nitrogens with one attached hydrogen (secondary N) is 1. The zero-order valence-corrected chi connectivity index (χ0v) is 9.11. The molecule has 0 amide bonds. The van der Waals surface area contributed by atoms with Gasteiger partial charge < -0.3 is 10.4 Å². The molecule has 1 aliphatic heterocycles. The van der Waals surface area contributed by atoms with Gasteiger partial charge >= 0.3 is 0 Å². The fraction of sp³-hybridized carbons (Fsp3) is 0.583. The van der Waals surface area contributed by atoms with Crippen molar-refractivity contribution in [3.8, 4) is 0 Å². The number of piperidine rings is 1. The van der Waals surface area contributed by atoms with Crippen molar-refractivity contribution in [3.63, 3.8) is 0 Å². The maximum Gasteiger partial charge on any atom is 0.0752 e. The lowest BCUT2D eigenvalue weighted by Gasteiger charge is -2.38. The summed E-state index contributed by atoms with van der Waals surface area (Å²) in [5.74, 6) is 0.285. The highest BCUT2D eigenvalue weighted by Crippen LogP contribution is 2.27. The quantitative estimate of drug-likeness (QED) is 0.758. The monoisotopic (exact) mass is 206 g/mol. The highest BCUT2D eigenvalue weighted by atomic mass is 16.3. The summed E-state index contributed by atoms with van der Waals surface area (Å²) >= 11 is 0. The molecule has 0 radical (unpaired) electrons. The number of aromatic nitrogens is 1. The summed E-state index contributed by atoms with van der Waals surface area (Å²) in [6.45, 7) is 3.88. The molecule has 2 heterocycles. The lowest BCUT2D eigenvalue weighted by Crippen LogP contribution is -2.50. The lowest BCUT2D eigenvalue weighted by molar-refractivity contribution is -0.0336. The molecule has 3 nitrogen and oxygen atoms in total. The van der Waals surface area contributed by atoms with Crippen LogP contribution < -0.4 is 5.32 Å². The molecule has 2 rings (SSSR count). The molecule has 0 bridgehead atoms. The minimum absolute atomic E-state index is 0.285. The predicted octanol–water partition coefficient (Wildman–Crippen LogP) is 0.985. The van der Waals surface area contributed by atoms with Crippen LogP contribution in [0.2, 0.25) is 0 Å². The molecule has 2 unspecified atom stereocenters. The zero-order valence-electron chi connectivity index (χ0n) is 9.11. The first-order valence-corrected chi connectivity index (χ1v) is 5.54. The fourth-order valence-corrected chi connectivity index (χ4v) is 2.14. The highest BCUT2D eigenvalue weighted by molar-refractivity contribution is 5.08. The third-order valence-electron chi connectivity index (χ3n) is 3.32. The number of hydrogen-bond acceptors (Lipinski definition) is 3. The standard InChI is InChI=1S/C12H18N2O/c1-10-9-13-7-5-12(10,15)8-11-4-2-3-6-14-11/h2-4,6,10,13,15H,5,7-9H2,1H3. The molecule has 82 valence electrons. The first-order valence-electron chi connectivity index (χ1n) is 5.54. The van der Waals surface area contributed by atoms with Crippen LogP contribution in [-0.4, -0.2) is 28.8 Å². The van der Waals surface area contributed by atoms with Gasteiger partial charge in [0, 0.05) is 24.9 Å². The van der Waals surface area contributed by atoms with E-state index in [1.807, 2.05) is 18.2 Å². The minimum atomic E-state index is -0.584. The first-order chi connectivity index (χ1) is 7.21. The van der Waals surface area contributed by atoms with Gasteiger partial charge in [-0.1, -0.05) is 13.0 Å². The number of hydrogen-bond donors (Lipinski definition) is 2. The molecule has 1 aromatic heterocycles. The van der Waals surface area contributed by atoms with E-state index in [4.69, 9.17) is 0 Å². The zero-order chi connectivity index (χ0) is 10.7. The molecule has 3 heteroatoms. The van der Waals surface area contributed by atoms with E-state index in [0.717, 1.165) is 25.2 Å². The van der Waals surface area contributed by atoms with Crippen LogP contribution in [0.5, 0.6) is 0 Å². The Morgan fingerprint density at radius 3 is 3.13 bits per heavy atom. The lowest BCUT2D eigenvalue weighted by atomic mass is 9.79. The van der Waals surface area contributed by atoms with Crippen molar-refractivity contribution in [2.24, 2.45) is 5.92 Å². The number of aliphatic hydroxyl groups is 1. The Morgan fingerprint density at radius 2 is 2.47 bits per heavy atom. The van der Waals surface area contributed by atoms with Crippen LogP contribution in [0, 0.1) is 5.92 Å². The summed E-state index contributed by atoms with van der Waals surface area (Å²) in [7, 11) is 0. The second-order valence-electron chi connectivity index (χ2n) is 4.46. The molecule has 2 atom stereocenters. The van der Waals surface area contributed by atoms with Crippen LogP contribution in [0.4, 0.5) is 0 Å². The Morgan fingerprint density at radius 1 is 1.60 bits per heavy atom. The van der Waals surface area contributed by atoms with Crippen molar-refractivity contribution >= 4 is 0 Å². The van der Waals surface area contributed by atoms with Crippen molar-refractivity contribution in [2.75, 3.05) is 13.1 Å². The average molecular weight is 206 g/mol. The van der Waals surface area contributed by atoms with Gasteiger partial charge in [-0.2, -0.15) is 0 Å². The molecule has 1 saturated heterocycles. The topological polar surface area (TPSA) is 45.1 Å².